The number of hydrogen-bond donors (Lipinski definition) is 2. The van der Waals surface area contributed by atoms with E-state index in [0.29, 0.717) is 19.7 Å². The number of nitrogens with one attached hydrogen (secondary N) is 1. The van der Waals surface area contributed by atoms with Crippen LogP contribution in [0.25, 0.3) is 0 Å². The lowest BCUT2D eigenvalue weighted by Gasteiger charge is -2.00. The summed E-state index contributed by atoms with van der Waals surface area (Å²) in [5, 5.41) is 24.1. The van der Waals surface area contributed by atoms with Crippen molar-refractivity contribution in [3.05, 3.63) is 24.3 Å². The first-order valence-corrected chi connectivity index (χ1v) is 6.07. The monoisotopic (exact) mass is 266 g/mol. The Kier molecular flexibility index (Phi) is 4.87. The molecule has 2 heterocycles. The largest absolute Gasteiger partial charge is 0.394 e. The second-order valence-electron chi connectivity index (χ2n) is 4.03. The summed E-state index contributed by atoms with van der Waals surface area (Å²) in [6, 6.07) is 0. The fourth-order valence-electron chi connectivity index (χ4n) is 1.59. The lowest BCUT2D eigenvalue weighted by Crippen LogP contribution is -2.04. The normalized spacial score (nSPS) is 10.8. The maximum Gasteiger partial charge on any atom is 0.102 e. The zero-order valence-corrected chi connectivity index (χ0v) is 10.9. The van der Waals surface area contributed by atoms with Crippen LogP contribution in [0.5, 0.6) is 0 Å². The number of anilines is 1. The van der Waals surface area contributed by atoms with Gasteiger partial charge in [0.25, 0.3) is 0 Å². The minimum absolute atomic E-state index is 0.0580. The van der Waals surface area contributed by atoms with Gasteiger partial charge in [0.15, 0.2) is 0 Å². The molecule has 104 valence electrons. The summed E-state index contributed by atoms with van der Waals surface area (Å²) in [6.45, 7) is 2.45. The van der Waals surface area contributed by atoms with Gasteiger partial charge in [0, 0.05) is 13.3 Å². The molecule has 0 aliphatic heterocycles. The standard InChI is InChI=1S/C11H18N6O2/c1-19-5-3-16-8-10(7-13-16)12-6-11-9-17(2-4-18)15-14-11/h7-9,12,18H,2-6H2,1H3. The molecule has 0 fully saturated rings. The van der Waals surface area contributed by atoms with Gasteiger partial charge in [0.1, 0.15) is 5.69 Å². The minimum Gasteiger partial charge on any atom is -0.394 e. The number of nitrogens with zero attached hydrogens (tertiary/aromatic N) is 5. The average Bonchev–Trinajstić information content (AvgIpc) is 3.03. The Bertz CT molecular complexity index is 495. The van der Waals surface area contributed by atoms with E-state index in [0.717, 1.165) is 17.9 Å². The van der Waals surface area contributed by atoms with Gasteiger partial charge in [-0.3, -0.25) is 4.68 Å². The Hall–Kier alpha value is -1.93. The topological polar surface area (TPSA) is 90.0 Å². The van der Waals surface area contributed by atoms with E-state index in [4.69, 9.17) is 9.84 Å². The Labute approximate surface area is 111 Å². The highest BCUT2D eigenvalue weighted by molar-refractivity contribution is 5.38. The molecule has 0 atom stereocenters. The van der Waals surface area contributed by atoms with Crippen LogP contribution >= 0.6 is 0 Å². The second kappa shape index (κ2) is 6.86. The van der Waals surface area contributed by atoms with Crippen molar-refractivity contribution in [3.63, 3.8) is 0 Å². The van der Waals surface area contributed by atoms with E-state index in [1.165, 1.54) is 0 Å². The lowest BCUT2D eigenvalue weighted by atomic mass is 10.4. The molecule has 0 unspecified atom stereocenters. The summed E-state index contributed by atoms with van der Waals surface area (Å²) in [5.74, 6) is 0. The van der Waals surface area contributed by atoms with Crippen molar-refractivity contribution in [1.29, 1.82) is 0 Å². The fraction of sp³-hybridized carbons (Fsp3) is 0.545. The van der Waals surface area contributed by atoms with Crippen LogP contribution in [0.2, 0.25) is 0 Å². The Morgan fingerprint density at radius 2 is 2.21 bits per heavy atom. The van der Waals surface area contributed by atoms with Crippen LogP contribution in [0.4, 0.5) is 5.69 Å². The molecule has 19 heavy (non-hydrogen) atoms. The summed E-state index contributed by atoms with van der Waals surface area (Å²) in [6.07, 6.45) is 5.48. The van der Waals surface area contributed by atoms with Gasteiger partial charge in [0.2, 0.25) is 0 Å². The summed E-state index contributed by atoms with van der Waals surface area (Å²) in [5.41, 5.74) is 1.74. The second-order valence-corrected chi connectivity index (χ2v) is 4.03. The number of aliphatic hydroxyl groups is 1. The van der Waals surface area contributed by atoms with Crippen molar-refractivity contribution in [1.82, 2.24) is 24.8 Å². The van der Waals surface area contributed by atoms with E-state index in [2.05, 4.69) is 20.7 Å². The molecule has 8 nitrogen and oxygen atoms in total. The van der Waals surface area contributed by atoms with Crippen LogP contribution in [0.15, 0.2) is 18.6 Å². The predicted molar refractivity (Wildman–Crippen MR) is 68.5 cm³/mol. The fourth-order valence-corrected chi connectivity index (χ4v) is 1.59. The van der Waals surface area contributed by atoms with E-state index in [1.807, 2.05) is 10.9 Å². The quantitative estimate of drug-likeness (QED) is 0.683. The van der Waals surface area contributed by atoms with Crippen LogP contribution in [0.3, 0.4) is 0 Å². The Morgan fingerprint density at radius 1 is 1.32 bits per heavy atom. The molecule has 0 saturated heterocycles. The molecule has 2 rings (SSSR count). The molecule has 0 bridgehead atoms. The zero-order valence-electron chi connectivity index (χ0n) is 10.9. The highest BCUT2D eigenvalue weighted by atomic mass is 16.5. The van der Waals surface area contributed by atoms with Crippen molar-refractivity contribution in [2.75, 3.05) is 25.6 Å². The highest BCUT2D eigenvalue weighted by Crippen LogP contribution is 2.06. The SMILES string of the molecule is COCCn1cc(NCc2cn(CCO)nn2)cn1. The highest BCUT2D eigenvalue weighted by Gasteiger charge is 2.02. The van der Waals surface area contributed by atoms with Gasteiger partial charge in [-0.15, -0.1) is 5.10 Å². The predicted octanol–water partition coefficient (Wildman–Crippen LogP) is -0.275. The Balaban J connectivity index is 1.82. The molecule has 0 amide bonds. The van der Waals surface area contributed by atoms with Crippen molar-refractivity contribution >= 4 is 5.69 Å². The third-order valence-corrected chi connectivity index (χ3v) is 2.55. The molecule has 2 aromatic rings. The first-order valence-electron chi connectivity index (χ1n) is 6.07. The van der Waals surface area contributed by atoms with Crippen molar-refractivity contribution < 1.29 is 9.84 Å². The minimum atomic E-state index is 0.0580. The molecule has 2 N–H and O–H groups in total. The molecular weight excluding hydrogens is 248 g/mol. The van der Waals surface area contributed by atoms with Crippen molar-refractivity contribution in [2.45, 2.75) is 19.6 Å². The lowest BCUT2D eigenvalue weighted by molar-refractivity contribution is 0.183. The van der Waals surface area contributed by atoms with Gasteiger partial charge in [-0.25, -0.2) is 4.68 Å². The number of aromatic nitrogens is 5. The van der Waals surface area contributed by atoms with Crippen LogP contribution in [-0.4, -0.2) is 50.2 Å². The van der Waals surface area contributed by atoms with Crippen LogP contribution in [0, 0.1) is 0 Å². The summed E-state index contributed by atoms with van der Waals surface area (Å²) < 4.78 is 8.41. The van der Waals surface area contributed by atoms with Gasteiger partial charge in [-0.05, 0) is 0 Å². The maximum absolute atomic E-state index is 8.78. The average molecular weight is 266 g/mol. The van der Waals surface area contributed by atoms with Crippen LogP contribution in [0.1, 0.15) is 5.69 Å². The van der Waals surface area contributed by atoms with E-state index in [1.54, 1.807) is 24.2 Å². The van der Waals surface area contributed by atoms with Gasteiger partial charge >= 0.3 is 0 Å². The first-order chi connectivity index (χ1) is 9.31. The summed E-state index contributed by atoms with van der Waals surface area (Å²) >= 11 is 0. The third-order valence-electron chi connectivity index (χ3n) is 2.55. The summed E-state index contributed by atoms with van der Waals surface area (Å²) in [7, 11) is 1.67. The zero-order chi connectivity index (χ0) is 13.5. The smallest absolute Gasteiger partial charge is 0.102 e. The van der Waals surface area contributed by atoms with E-state index < -0.39 is 0 Å². The van der Waals surface area contributed by atoms with Gasteiger partial charge in [-0.1, -0.05) is 5.21 Å². The number of aliphatic hydroxyl groups excluding tert-OH is 1. The van der Waals surface area contributed by atoms with Crippen LogP contribution in [-0.2, 0) is 24.4 Å². The number of rotatable bonds is 8. The molecule has 0 spiro atoms. The molecule has 0 aliphatic carbocycles. The first kappa shape index (κ1) is 13.5. The maximum atomic E-state index is 8.78. The van der Waals surface area contributed by atoms with Crippen LogP contribution < -0.4 is 5.32 Å². The van der Waals surface area contributed by atoms with E-state index in [-0.39, 0.29) is 6.61 Å². The van der Waals surface area contributed by atoms with Crippen molar-refractivity contribution in [3.8, 4) is 0 Å². The van der Waals surface area contributed by atoms with Gasteiger partial charge in [0.05, 0.1) is 50.9 Å². The molecule has 2 aromatic heterocycles. The Morgan fingerprint density at radius 3 is 3.00 bits per heavy atom. The molecule has 0 aromatic carbocycles. The van der Waals surface area contributed by atoms with Gasteiger partial charge in [-0.2, -0.15) is 5.10 Å². The molecular formula is C11H18N6O2. The number of ether oxygens (including phenoxy) is 1. The number of methoxy groups -OCH3 is 1. The van der Waals surface area contributed by atoms with E-state index >= 15 is 0 Å². The third kappa shape index (κ3) is 4.04. The molecule has 0 radical (unpaired) electrons. The van der Waals surface area contributed by atoms with Crippen molar-refractivity contribution in [2.24, 2.45) is 0 Å². The molecule has 0 aliphatic rings. The number of hydrogen-bond acceptors (Lipinski definition) is 6. The molecule has 0 saturated carbocycles. The summed E-state index contributed by atoms with van der Waals surface area (Å²) in [4.78, 5) is 0. The van der Waals surface area contributed by atoms with E-state index in [9.17, 15) is 0 Å². The van der Waals surface area contributed by atoms with Gasteiger partial charge < -0.3 is 15.2 Å². The molecule has 8 heteroatoms.